The number of nitriles is 1. The highest BCUT2D eigenvalue weighted by Crippen LogP contribution is 2.27. The zero-order valence-electron chi connectivity index (χ0n) is 19.3. The highest BCUT2D eigenvalue weighted by Gasteiger charge is 2.33. The number of nitrogens with zero attached hydrogens (tertiary/aromatic N) is 4. The second-order valence-electron chi connectivity index (χ2n) is 8.18. The number of anilines is 1. The molecule has 1 atom stereocenters. The van der Waals surface area contributed by atoms with Crippen molar-refractivity contribution in [1.82, 2.24) is 15.1 Å². The Bertz CT molecular complexity index is 1180. The molecule has 35 heavy (non-hydrogen) atoms. The lowest BCUT2D eigenvalue weighted by Crippen LogP contribution is -2.55. The lowest BCUT2D eigenvalue weighted by molar-refractivity contribution is 0.135. The van der Waals surface area contributed by atoms with E-state index in [1.807, 2.05) is 64.5 Å². The number of carbonyl (C=O) groups is 1. The normalized spacial score (nSPS) is 15.9. The molecule has 1 heterocycles. The maximum Gasteiger partial charge on any atom is 0.322 e. The highest BCUT2D eigenvalue weighted by molar-refractivity contribution is 6.30. The van der Waals surface area contributed by atoms with Crippen LogP contribution in [-0.4, -0.2) is 48.0 Å². The first-order valence-corrected chi connectivity index (χ1v) is 11.9. The Morgan fingerprint density at radius 3 is 2.37 bits per heavy atom. The van der Waals surface area contributed by atoms with Gasteiger partial charge < -0.3 is 15.1 Å². The summed E-state index contributed by atoms with van der Waals surface area (Å²) in [7, 11) is 0. The molecule has 2 N–H and O–H groups in total. The average molecular weight is 487 g/mol. The molecule has 1 aliphatic heterocycles. The van der Waals surface area contributed by atoms with Gasteiger partial charge in [-0.25, -0.2) is 4.79 Å². The largest absolute Gasteiger partial charge is 0.338 e. The first-order valence-electron chi connectivity index (χ1n) is 11.5. The summed E-state index contributed by atoms with van der Waals surface area (Å²) in [5.74, 6) is 0.530. The van der Waals surface area contributed by atoms with Gasteiger partial charge >= 0.3 is 6.03 Å². The number of halogens is 1. The third-order valence-corrected chi connectivity index (χ3v) is 6.15. The fraction of sp³-hybridized carbons (Fsp3) is 0.222. The van der Waals surface area contributed by atoms with E-state index in [-0.39, 0.29) is 12.1 Å². The monoisotopic (exact) mass is 486 g/mol. The van der Waals surface area contributed by atoms with E-state index >= 15 is 0 Å². The molecule has 0 radical (unpaired) electrons. The number of nitrogens with one attached hydrogen (secondary N) is 2. The van der Waals surface area contributed by atoms with Crippen molar-refractivity contribution in [3.8, 4) is 6.19 Å². The predicted molar refractivity (Wildman–Crippen MR) is 139 cm³/mol. The van der Waals surface area contributed by atoms with Gasteiger partial charge in [-0.15, -0.1) is 0 Å². The summed E-state index contributed by atoms with van der Waals surface area (Å²) in [6, 6.07) is 26.7. The number of hydrogen-bond donors (Lipinski definition) is 2. The van der Waals surface area contributed by atoms with Crippen molar-refractivity contribution in [1.29, 1.82) is 5.26 Å². The summed E-state index contributed by atoms with van der Waals surface area (Å²) >= 11 is 5.97. The van der Waals surface area contributed by atoms with Crippen LogP contribution in [0.3, 0.4) is 0 Å². The molecule has 8 heteroatoms. The third kappa shape index (κ3) is 6.52. The van der Waals surface area contributed by atoms with E-state index in [1.54, 1.807) is 24.3 Å². The fourth-order valence-corrected chi connectivity index (χ4v) is 4.24. The van der Waals surface area contributed by atoms with Crippen molar-refractivity contribution < 1.29 is 4.79 Å². The van der Waals surface area contributed by atoms with Gasteiger partial charge in [0.1, 0.15) is 0 Å². The van der Waals surface area contributed by atoms with Crippen LogP contribution >= 0.6 is 11.6 Å². The Balaban J connectivity index is 1.50. The minimum atomic E-state index is -0.211. The molecule has 1 aliphatic rings. The number of guanidine groups is 1. The van der Waals surface area contributed by atoms with Gasteiger partial charge in [-0.05, 0) is 41.8 Å². The van der Waals surface area contributed by atoms with Crippen LogP contribution in [0.2, 0.25) is 5.02 Å². The maximum atomic E-state index is 13.2. The van der Waals surface area contributed by atoms with Crippen molar-refractivity contribution in [2.24, 2.45) is 4.99 Å². The maximum absolute atomic E-state index is 13.2. The standard InChI is InChI=1S/C27H27ClN6O/c28-23-11-13-24(14-12-23)32-27(35)34-18-17-33(19-25(34)22-9-5-2-6-10-22)26(31-20-29)30-16-15-21-7-3-1-4-8-21/h1-14,25H,15-19H2,(H,30,31)(H,32,35). The molecule has 3 aromatic rings. The first-order chi connectivity index (χ1) is 17.1. The topological polar surface area (TPSA) is 83.8 Å². The third-order valence-electron chi connectivity index (χ3n) is 5.89. The molecule has 0 saturated carbocycles. The van der Waals surface area contributed by atoms with Crippen LogP contribution in [-0.2, 0) is 6.42 Å². The van der Waals surface area contributed by atoms with Gasteiger partial charge in [0.2, 0.25) is 5.96 Å². The predicted octanol–water partition coefficient (Wildman–Crippen LogP) is 4.90. The van der Waals surface area contributed by atoms with Crippen molar-refractivity contribution in [2.75, 3.05) is 31.5 Å². The van der Waals surface area contributed by atoms with Crippen LogP contribution in [0, 0.1) is 11.5 Å². The lowest BCUT2D eigenvalue weighted by Gasteiger charge is -2.42. The summed E-state index contributed by atoms with van der Waals surface area (Å²) in [5.41, 5.74) is 2.89. The zero-order chi connectivity index (χ0) is 24.5. The molecule has 178 valence electrons. The quantitative estimate of drug-likeness (QED) is 0.232. The van der Waals surface area contributed by atoms with Gasteiger partial charge in [-0.1, -0.05) is 72.3 Å². The van der Waals surface area contributed by atoms with Gasteiger partial charge in [0, 0.05) is 36.9 Å². The minimum absolute atomic E-state index is 0.184. The Labute approximate surface area is 210 Å². The van der Waals surface area contributed by atoms with Gasteiger partial charge in [0.15, 0.2) is 6.19 Å². The molecule has 1 unspecified atom stereocenters. The fourth-order valence-electron chi connectivity index (χ4n) is 4.11. The molecular formula is C27H27ClN6O. The number of hydrogen-bond acceptors (Lipinski definition) is 3. The molecule has 0 spiro atoms. The summed E-state index contributed by atoms with van der Waals surface area (Å²) in [6.45, 7) is 2.10. The van der Waals surface area contributed by atoms with E-state index < -0.39 is 0 Å². The van der Waals surface area contributed by atoms with Crippen molar-refractivity contribution in [3.63, 3.8) is 0 Å². The highest BCUT2D eigenvalue weighted by atomic mass is 35.5. The van der Waals surface area contributed by atoms with Crippen LogP contribution in [0.25, 0.3) is 0 Å². The van der Waals surface area contributed by atoms with Gasteiger partial charge in [0.05, 0.1) is 6.04 Å². The average Bonchev–Trinajstić information content (AvgIpc) is 2.90. The molecule has 2 amide bonds. The van der Waals surface area contributed by atoms with E-state index in [1.165, 1.54) is 5.56 Å². The lowest BCUT2D eigenvalue weighted by atomic mass is 10.0. The number of carbonyl (C=O) groups excluding carboxylic acids is 1. The van der Waals surface area contributed by atoms with E-state index in [0.29, 0.717) is 42.8 Å². The van der Waals surface area contributed by atoms with E-state index in [2.05, 4.69) is 27.8 Å². The van der Waals surface area contributed by atoms with Crippen LogP contribution in [0.5, 0.6) is 0 Å². The molecule has 0 aliphatic carbocycles. The summed E-state index contributed by atoms with van der Waals surface area (Å²) in [5, 5.41) is 15.7. The summed E-state index contributed by atoms with van der Waals surface area (Å²) in [6.07, 6.45) is 2.79. The number of aliphatic imine (C=N–C) groups is 1. The SMILES string of the molecule is N#CNC(=NCCc1ccccc1)N1CCN(C(=O)Nc2ccc(Cl)cc2)C(c2ccccc2)C1. The van der Waals surface area contributed by atoms with Gasteiger partial charge in [-0.3, -0.25) is 10.3 Å². The molecule has 4 rings (SSSR count). The second-order valence-corrected chi connectivity index (χ2v) is 8.62. The molecule has 7 nitrogen and oxygen atoms in total. The smallest absolute Gasteiger partial charge is 0.322 e. The Morgan fingerprint density at radius 1 is 1.00 bits per heavy atom. The Morgan fingerprint density at radius 2 is 1.69 bits per heavy atom. The molecular weight excluding hydrogens is 460 g/mol. The van der Waals surface area contributed by atoms with Crippen LogP contribution in [0.4, 0.5) is 10.5 Å². The number of benzene rings is 3. The minimum Gasteiger partial charge on any atom is -0.338 e. The summed E-state index contributed by atoms with van der Waals surface area (Å²) < 4.78 is 0. The van der Waals surface area contributed by atoms with E-state index in [4.69, 9.17) is 11.6 Å². The number of rotatable bonds is 5. The molecule has 3 aromatic carbocycles. The van der Waals surface area contributed by atoms with Crippen LogP contribution in [0.15, 0.2) is 89.9 Å². The number of amides is 2. The summed E-state index contributed by atoms with van der Waals surface area (Å²) in [4.78, 5) is 21.8. The Kier molecular flexibility index (Phi) is 8.21. The number of piperazine rings is 1. The second kappa shape index (κ2) is 11.9. The van der Waals surface area contributed by atoms with Gasteiger partial charge in [-0.2, -0.15) is 5.26 Å². The van der Waals surface area contributed by atoms with E-state index in [9.17, 15) is 10.1 Å². The number of urea groups is 1. The van der Waals surface area contributed by atoms with Crippen LogP contribution in [0.1, 0.15) is 17.2 Å². The first kappa shape index (κ1) is 24.1. The zero-order valence-corrected chi connectivity index (χ0v) is 20.0. The Hall–Kier alpha value is -4.02. The van der Waals surface area contributed by atoms with E-state index in [0.717, 1.165) is 12.0 Å². The molecule has 0 aromatic heterocycles. The molecule has 1 fully saturated rings. The van der Waals surface area contributed by atoms with Gasteiger partial charge in [0.25, 0.3) is 0 Å². The van der Waals surface area contributed by atoms with Crippen LogP contribution < -0.4 is 10.6 Å². The molecule has 0 bridgehead atoms. The van der Waals surface area contributed by atoms with Crippen molar-refractivity contribution in [2.45, 2.75) is 12.5 Å². The molecule has 1 saturated heterocycles. The van der Waals surface area contributed by atoms with Crippen molar-refractivity contribution >= 4 is 29.3 Å². The van der Waals surface area contributed by atoms with Crippen molar-refractivity contribution in [3.05, 3.63) is 101 Å².